The van der Waals surface area contributed by atoms with Crippen LogP contribution >= 0.6 is 0 Å². The molecule has 1 amide bonds. The van der Waals surface area contributed by atoms with Gasteiger partial charge in [0.2, 0.25) is 0 Å². The predicted molar refractivity (Wildman–Crippen MR) is 95.4 cm³/mol. The number of carbonyl (C=O) groups excluding carboxylic acids is 1. The minimum Gasteiger partial charge on any atom is -0.376 e. The molecule has 1 aromatic carbocycles. The van der Waals surface area contributed by atoms with Crippen LogP contribution in [0.5, 0.6) is 0 Å². The predicted octanol–water partition coefficient (Wildman–Crippen LogP) is 2.24. The second-order valence-electron chi connectivity index (χ2n) is 6.36. The number of hydrogen-bond acceptors (Lipinski definition) is 4. The van der Waals surface area contributed by atoms with Crippen LogP contribution in [0.1, 0.15) is 39.8 Å². The number of aromatic nitrogens is 4. The smallest absolute Gasteiger partial charge is 0.272 e. The molecule has 0 fully saturated rings. The standard InChI is InChI=1S/C19H21N5O2/c25-19(18-15-12-26-11-7-17(15)22-23-18)21-16(14-4-2-1-3-5-14)6-9-24-10-8-20-13-24/h1-5,8,10,13,16H,6-7,9,11-12H2,(H,21,25)(H,22,23)/t16-/m1/s1. The minimum atomic E-state index is -0.174. The van der Waals surface area contributed by atoms with E-state index in [0.717, 1.165) is 36.2 Å². The van der Waals surface area contributed by atoms with E-state index < -0.39 is 0 Å². The highest BCUT2D eigenvalue weighted by Crippen LogP contribution is 2.21. The van der Waals surface area contributed by atoms with Gasteiger partial charge in [0.1, 0.15) is 0 Å². The summed E-state index contributed by atoms with van der Waals surface area (Å²) in [7, 11) is 0. The van der Waals surface area contributed by atoms with Gasteiger partial charge in [-0.15, -0.1) is 0 Å². The third-order valence-electron chi connectivity index (χ3n) is 4.65. The zero-order valence-electron chi connectivity index (χ0n) is 14.4. The van der Waals surface area contributed by atoms with Crippen molar-refractivity contribution in [2.45, 2.75) is 32.0 Å². The SMILES string of the molecule is O=C(N[C@H](CCn1ccnc1)c1ccccc1)c1n[nH]c2c1COCC2. The Bertz CT molecular complexity index is 857. The van der Waals surface area contributed by atoms with Crippen LogP contribution in [-0.4, -0.2) is 32.3 Å². The van der Waals surface area contributed by atoms with Gasteiger partial charge < -0.3 is 14.6 Å². The van der Waals surface area contributed by atoms with Crippen molar-refractivity contribution in [1.29, 1.82) is 0 Å². The summed E-state index contributed by atoms with van der Waals surface area (Å²) in [5.41, 5.74) is 3.37. The maximum Gasteiger partial charge on any atom is 0.272 e. The molecule has 0 aliphatic carbocycles. The first kappa shape index (κ1) is 16.5. The summed E-state index contributed by atoms with van der Waals surface area (Å²) in [6.45, 7) is 1.86. The molecule has 4 rings (SSSR count). The van der Waals surface area contributed by atoms with E-state index in [9.17, 15) is 4.79 Å². The first-order valence-electron chi connectivity index (χ1n) is 8.76. The molecule has 0 saturated heterocycles. The van der Waals surface area contributed by atoms with Crippen LogP contribution in [0.2, 0.25) is 0 Å². The maximum absolute atomic E-state index is 12.9. The molecule has 1 aliphatic rings. The normalized spacial score (nSPS) is 14.6. The zero-order valence-corrected chi connectivity index (χ0v) is 14.4. The summed E-state index contributed by atoms with van der Waals surface area (Å²) >= 11 is 0. The summed E-state index contributed by atoms with van der Waals surface area (Å²) in [5.74, 6) is -0.174. The van der Waals surface area contributed by atoms with Gasteiger partial charge in [0.15, 0.2) is 5.69 Å². The Morgan fingerprint density at radius 1 is 1.35 bits per heavy atom. The van der Waals surface area contributed by atoms with E-state index in [4.69, 9.17) is 4.74 Å². The van der Waals surface area contributed by atoms with Gasteiger partial charge in [0.05, 0.1) is 25.6 Å². The summed E-state index contributed by atoms with van der Waals surface area (Å²) in [6.07, 6.45) is 6.98. The van der Waals surface area contributed by atoms with E-state index in [2.05, 4.69) is 20.5 Å². The Morgan fingerprint density at radius 2 is 2.23 bits per heavy atom. The van der Waals surface area contributed by atoms with Crippen molar-refractivity contribution in [3.8, 4) is 0 Å². The van der Waals surface area contributed by atoms with Crippen LogP contribution in [0, 0.1) is 0 Å². The van der Waals surface area contributed by atoms with E-state index in [1.54, 1.807) is 12.5 Å². The van der Waals surface area contributed by atoms with Crippen LogP contribution in [0.15, 0.2) is 49.1 Å². The van der Waals surface area contributed by atoms with Gasteiger partial charge in [-0.25, -0.2) is 4.98 Å². The highest BCUT2D eigenvalue weighted by atomic mass is 16.5. The lowest BCUT2D eigenvalue weighted by Gasteiger charge is -2.20. The summed E-state index contributed by atoms with van der Waals surface area (Å²) < 4.78 is 7.49. The molecular weight excluding hydrogens is 330 g/mol. The molecule has 2 aromatic heterocycles. The first-order valence-corrected chi connectivity index (χ1v) is 8.76. The Kier molecular flexibility index (Phi) is 4.79. The Hall–Kier alpha value is -2.93. The quantitative estimate of drug-likeness (QED) is 0.713. The molecule has 2 N–H and O–H groups in total. The molecule has 0 radical (unpaired) electrons. The van der Waals surface area contributed by atoms with E-state index in [0.29, 0.717) is 18.9 Å². The topological polar surface area (TPSA) is 84.8 Å². The molecule has 3 heterocycles. The monoisotopic (exact) mass is 351 g/mol. The second kappa shape index (κ2) is 7.53. The number of nitrogens with one attached hydrogen (secondary N) is 2. The fourth-order valence-corrected chi connectivity index (χ4v) is 3.23. The van der Waals surface area contributed by atoms with Crippen LogP contribution < -0.4 is 5.32 Å². The van der Waals surface area contributed by atoms with Gasteiger partial charge in [-0.2, -0.15) is 5.10 Å². The number of amides is 1. The molecule has 26 heavy (non-hydrogen) atoms. The van der Waals surface area contributed by atoms with Crippen molar-refractivity contribution >= 4 is 5.91 Å². The van der Waals surface area contributed by atoms with Gasteiger partial charge >= 0.3 is 0 Å². The Morgan fingerprint density at radius 3 is 3.04 bits per heavy atom. The van der Waals surface area contributed by atoms with Gasteiger partial charge in [0, 0.05) is 36.6 Å². The van der Waals surface area contributed by atoms with Crippen LogP contribution in [0.25, 0.3) is 0 Å². The molecule has 7 nitrogen and oxygen atoms in total. The molecule has 134 valence electrons. The summed E-state index contributed by atoms with van der Waals surface area (Å²) in [4.78, 5) is 16.9. The number of nitrogens with zero attached hydrogens (tertiary/aromatic N) is 3. The molecular formula is C19H21N5O2. The second-order valence-corrected chi connectivity index (χ2v) is 6.36. The largest absolute Gasteiger partial charge is 0.376 e. The summed E-state index contributed by atoms with van der Waals surface area (Å²) in [6, 6.07) is 9.89. The molecule has 0 bridgehead atoms. The number of carbonyl (C=O) groups is 1. The van der Waals surface area contributed by atoms with Crippen LogP contribution in [0.4, 0.5) is 0 Å². The molecule has 7 heteroatoms. The zero-order chi connectivity index (χ0) is 17.8. The summed E-state index contributed by atoms with van der Waals surface area (Å²) in [5, 5.41) is 10.3. The average molecular weight is 351 g/mol. The van der Waals surface area contributed by atoms with E-state index in [1.807, 2.05) is 41.1 Å². The highest BCUT2D eigenvalue weighted by Gasteiger charge is 2.24. The van der Waals surface area contributed by atoms with Crippen LogP contribution in [0.3, 0.4) is 0 Å². The van der Waals surface area contributed by atoms with Gasteiger partial charge in [-0.1, -0.05) is 30.3 Å². The van der Waals surface area contributed by atoms with Crippen molar-refractivity contribution < 1.29 is 9.53 Å². The van der Waals surface area contributed by atoms with Gasteiger partial charge in [0.25, 0.3) is 5.91 Å². The third kappa shape index (κ3) is 3.52. The Labute approximate surface area is 151 Å². The number of aryl methyl sites for hydroxylation is 1. The molecule has 0 unspecified atom stereocenters. The lowest BCUT2D eigenvalue weighted by Crippen LogP contribution is -2.30. The van der Waals surface area contributed by atoms with E-state index in [1.165, 1.54) is 0 Å². The number of rotatable bonds is 6. The molecule has 1 aliphatic heterocycles. The lowest BCUT2D eigenvalue weighted by molar-refractivity contribution is 0.0907. The fourth-order valence-electron chi connectivity index (χ4n) is 3.23. The number of benzene rings is 1. The lowest BCUT2D eigenvalue weighted by atomic mass is 10.0. The average Bonchev–Trinajstić information content (AvgIpc) is 3.35. The molecule has 1 atom stereocenters. The van der Waals surface area contributed by atoms with Crippen LogP contribution in [-0.2, 0) is 24.3 Å². The van der Waals surface area contributed by atoms with Gasteiger partial charge in [-0.05, 0) is 12.0 Å². The van der Waals surface area contributed by atoms with Crippen molar-refractivity contribution in [3.05, 3.63) is 71.6 Å². The number of ether oxygens (including phenoxy) is 1. The molecule has 3 aromatic rings. The third-order valence-corrected chi connectivity index (χ3v) is 4.65. The van der Waals surface area contributed by atoms with E-state index in [-0.39, 0.29) is 11.9 Å². The highest BCUT2D eigenvalue weighted by molar-refractivity contribution is 5.94. The van der Waals surface area contributed by atoms with Crippen molar-refractivity contribution in [2.75, 3.05) is 6.61 Å². The van der Waals surface area contributed by atoms with Crippen molar-refractivity contribution in [3.63, 3.8) is 0 Å². The molecule has 0 saturated carbocycles. The first-order chi connectivity index (χ1) is 12.8. The number of fused-ring (bicyclic) bond motifs is 1. The maximum atomic E-state index is 12.9. The number of aromatic amines is 1. The van der Waals surface area contributed by atoms with Crippen molar-refractivity contribution in [2.24, 2.45) is 0 Å². The van der Waals surface area contributed by atoms with E-state index >= 15 is 0 Å². The van der Waals surface area contributed by atoms with Gasteiger partial charge in [-0.3, -0.25) is 9.89 Å². The van der Waals surface area contributed by atoms with Crippen molar-refractivity contribution in [1.82, 2.24) is 25.1 Å². The Balaban J connectivity index is 1.52. The fraction of sp³-hybridized carbons (Fsp3) is 0.316. The number of hydrogen-bond donors (Lipinski definition) is 2. The minimum absolute atomic E-state index is 0.108. The number of imidazole rings is 1. The molecule has 0 spiro atoms. The number of H-pyrrole nitrogens is 1.